The van der Waals surface area contributed by atoms with Crippen LogP contribution in [0.3, 0.4) is 0 Å². The van der Waals surface area contributed by atoms with Crippen LogP contribution in [0.4, 0.5) is 5.82 Å². The third-order valence-electron chi connectivity index (χ3n) is 2.37. The zero-order chi connectivity index (χ0) is 14.2. The second-order valence-corrected chi connectivity index (χ2v) is 4.82. The molecule has 2 aromatic heterocycles. The van der Waals surface area contributed by atoms with Crippen LogP contribution in [-0.4, -0.2) is 39.7 Å². The summed E-state index contributed by atoms with van der Waals surface area (Å²) in [6.45, 7) is 0. The average molecular weight is 300 g/mol. The molecule has 8 heteroatoms. The van der Waals surface area contributed by atoms with Gasteiger partial charge in [0, 0.05) is 20.3 Å². The van der Waals surface area contributed by atoms with Crippen molar-refractivity contribution in [2.24, 2.45) is 0 Å². The molecule has 0 saturated heterocycles. The highest BCUT2D eigenvalue weighted by atomic mass is 35.5. The lowest BCUT2D eigenvalue weighted by Gasteiger charge is -2.08. The number of pyridine rings is 1. The minimum absolute atomic E-state index is 0.150. The molecule has 0 aromatic carbocycles. The Morgan fingerprint density at radius 3 is 2.68 bits per heavy atom. The highest BCUT2D eigenvalue weighted by Gasteiger charge is 2.15. The van der Waals surface area contributed by atoms with Gasteiger partial charge in [0.1, 0.15) is 5.82 Å². The Labute approximate surface area is 119 Å². The molecule has 0 saturated carbocycles. The molecule has 0 bridgehead atoms. The summed E-state index contributed by atoms with van der Waals surface area (Å²) in [5.74, 6) is 0.259. The number of aromatic nitrogens is 3. The SMILES string of the molecule is CN(C)C(=O)c1ccn(-c2nc(N)c(Cl)cc2Cl)n1. The Morgan fingerprint density at radius 1 is 1.37 bits per heavy atom. The van der Waals surface area contributed by atoms with Gasteiger partial charge in [-0.25, -0.2) is 9.67 Å². The third kappa shape index (κ3) is 2.64. The zero-order valence-corrected chi connectivity index (χ0v) is 11.8. The van der Waals surface area contributed by atoms with E-state index in [0.717, 1.165) is 0 Å². The molecule has 0 spiro atoms. The zero-order valence-electron chi connectivity index (χ0n) is 10.3. The van der Waals surface area contributed by atoms with Crippen molar-refractivity contribution in [1.82, 2.24) is 19.7 Å². The molecule has 2 rings (SSSR count). The molecule has 1 amide bonds. The Balaban J connectivity index is 2.44. The Hall–Kier alpha value is -1.79. The number of carbonyl (C=O) groups is 1. The quantitative estimate of drug-likeness (QED) is 0.918. The van der Waals surface area contributed by atoms with Gasteiger partial charge in [-0.3, -0.25) is 4.79 Å². The summed E-state index contributed by atoms with van der Waals surface area (Å²) in [6.07, 6.45) is 1.58. The summed E-state index contributed by atoms with van der Waals surface area (Å²) in [5, 5.41) is 4.68. The summed E-state index contributed by atoms with van der Waals surface area (Å²) >= 11 is 11.8. The molecular weight excluding hydrogens is 289 g/mol. The smallest absolute Gasteiger partial charge is 0.273 e. The van der Waals surface area contributed by atoms with E-state index in [4.69, 9.17) is 28.9 Å². The van der Waals surface area contributed by atoms with E-state index in [1.165, 1.54) is 15.6 Å². The molecule has 6 nitrogen and oxygen atoms in total. The van der Waals surface area contributed by atoms with E-state index in [1.807, 2.05) is 0 Å². The first-order valence-electron chi connectivity index (χ1n) is 5.29. The van der Waals surface area contributed by atoms with Crippen molar-refractivity contribution in [2.75, 3.05) is 19.8 Å². The van der Waals surface area contributed by atoms with E-state index >= 15 is 0 Å². The van der Waals surface area contributed by atoms with Gasteiger partial charge in [0.25, 0.3) is 5.91 Å². The van der Waals surface area contributed by atoms with E-state index in [2.05, 4.69) is 10.1 Å². The molecule has 2 aromatic rings. The summed E-state index contributed by atoms with van der Waals surface area (Å²) in [5.41, 5.74) is 5.91. The van der Waals surface area contributed by atoms with E-state index in [9.17, 15) is 4.79 Å². The molecule has 0 aliphatic rings. The molecule has 0 fully saturated rings. The highest BCUT2D eigenvalue weighted by molar-refractivity contribution is 6.36. The number of amides is 1. The molecular formula is C11H11Cl2N5O. The van der Waals surface area contributed by atoms with Crippen LogP contribution in [0.5, 0.6) is 0 Å². The van der Waals surface area contributed by atoms with Crippen molar-refractivity contribution in [3.63, 3.8) is 0 Å². The second kappa shape index (κ2) is 5.07. The maximum absolute atomic E-state index is 11.7. The maximum atomic E-state index is 11.7. The number of rotatable bonds is 2. The first-order valence-corrected chi connectivity index (χ1v) is 6.05. The van der Waals surface area contributed by atoms with Gasteiger partial charge in [0.05, 0.1) is 10.0 Å². The van der Waals surface area contributed by atoms with Crippen molar-refractivity contribution >= 4 is 34.9 Å². The van der Waals surface area contributed by atoms with E-state index in [-0.39, 0.29) is 22.4 Å². The normalized spacial score (nSPS) is 10.5. The fourth-order valence-electron chi connectivity index (χ4n) is 1.42. The number of nitrogen functional groups attached to an aromatic ring is 1. The predicted octanol–water partition coefficient (Wildman–Crippen LogP) is 1.86. The number of carbonyl (C=O) groups excluding carboxylic acids is 1. The Morgan fingerprint density at radius 2 is 2.05 bits per heavy atom. The minimum atomic E-state index is -0.211. The molecule has 2 heterocycles. The number of halogens is 2. The topological polar surface area (TPSA) is 77.0 Å². The first kappa shape index (κ1) is 13.6. The molecule has 100 valence electrons. The van der Waals surface area contributed by atoms with E-state index < -0.39 is 0 Å². The Kier molecular flexibility index (Phi) is 3.64. The summed E-state index contributed by atoms with van der Waals surface area (Å²) < 4.78 is 1.38. The summed E-state index contributed by atoms with van der Waals surface area (Å²) in [7, 11) is 3.29. The average Bonchev–Trinajstić information content (AvgIpc) is 2.81. The van der Waals surface area contributed by atoms with Crippen LogP contribution in [0.25, 0.3) is 5.82 Å². The number of nitrogens with zero attached hydrogens (tertiary/aromatic N) is 4. The largest absolute Gasteiger partial charge is 0.382 e. The van der Waals surface area contributed by atoms with Gasteiger partial charge in [0.2, 0.25) is 0 Å². The van der Waals surface area contributed by atoms with Gasteiger partial charge in [-0.15, -0.1) is 0 Å². The van der Waals surface area contributed by atoms with Crippen molar-refractivity contribution in [3.8, 4) is 5.82 Å². The number of anilines is 1. The van der Waals surface area contributed by atoms with Crippen LogP contribution < -0.4 is 5.73 Å². The van der Waals surface area contributed by atoms with Crippen LogP contribution in [0.2, 0.25) is 10.0 Å². The van der Waals surface area contributed by atoms with Crippen molar-refractivity contribution in [2.45, 2.75) is 0 Å². The number of hydrogen-bond acceptors (Lipinski definition) is 4. The Bertz CT molecular complexity index is 638. The molecule has 2 N–H and O–H groups in total. The van der Waals surface area contributed by atoms with Crippen LogP contribution in [0, 0.1) is 0 Å². The molecule has 0 unspecified atom stereocenters. The van der Waals surface area contributed by atoms with Crippen LogP contribution in [0.15, 0.2) is 18.3 Å². The molecule has 0 radical (unpaired) electrons. The highest BCUT2D eigenvalue weighted by Crippen LogP contribution is 2.26. The lowest BCUT2D eigenvalue weighted by molar-refractivity contribution is 0.0821. The maximum Gasteiger partial charge on any atom is 0.273 e. The fourth-order valence-corrected chi connectivity index (χ4v) is 1.86. The van der Waals surface area contributed by atoms with Crippen LogP contribution in [-0.2, 0) is 0 Å². The van der Waals surface area contributed by atoms with Crippen molar-refractivity contribution in [1.29, 1.82) is 0 Å². The summed E-state index contributed by atoms with van der Waals surface area (Å²) in [6, 6.07) is 3.06. The number of nitrogens with two attached hydrogens (primary N) is 1. The third-order valence-corrected chi connectivity index (χ3v) is 2.95. The monoisotopic (exact) mass is 299 g/mol. The van der Waals surface area contributed by atoms with Crippen LogP contribution in [0.1, 0.15) is 10.5 Å². The lowest BCUT2D eigenvalue weighted by atomic mass is 10.4. The molecule has 0 aliphatic heterocycles. The van der Waals surface area contributed by atoms with Gasteiger partial charge >= 0.3 is 0 Å². The van der Waals surface area contributed by atoms with E-state index in [1.54, 1.807) is 26.4 Å². The van der Waals surface area contributed by atoms with Gasteiger partial charge in [-0.1, -0.05) is 23.2 Å². The molecule has 0 atom stereocenters. The van der Waals surface area contributed by atoms with Gasteiger partial charge < -0.3 is 10.6 Å². The minimum Gasteiger partial charge on any atom is -0.382 e. The second-order valence-electron chi connectivity index (χ2n) is 4.01. The van der Waals surface area contributed by atoms with E-state index in [0.29, 0.717) is 10.8 Å². The number of hydrogen-bond donors (Lipinski definition) is 1. The summed E-state index contributed by atoms with van der Waals surface area (Å²) in [4.78, 5) is 17.2. The lowest BCUT2D eigenvalue weighted by Crippen LogP contribution is -2.22. The molecule has 19 heavy (non-hydrogen) atoms. The van der Waals surface area contributed by atoms with Crippen LogP contribution >= 0.6 is 23.2 Å². The molecule has 0 aliphatic carbocycles. The van der Waals surface area contributed by atoms with Gasteiger partial charge in [0.15, 0.2) is 11.5 Å². The standard InChI is InChI=1S/C11H11Cl2N5O/c1-17(2)11(19)8-3-4-18(16-8)10-7(13)5-6(12)9(14)15-10/h3-5H,1-2H3,(H2,14,15). The fraction of sp³-hybridized carbons (Fsp3) is 0.182. The first-order chi connectivity index (χ1) is 8.90. The predicted molar refractivity (Wildman–Crippen MR) is 73.8 cm³/mol. The van der Waals surface area contributed by atoms with Crippen molar-refractivity contribution < 1.29 is 4.79 Å². The van der Waals surface area contributed by atoms with Gasteiger partial charge in [-0.05, 0) is 12.1 Å². The van der Waals surface area contributed by atoms with Crippen molar-refractivity contribution in [3.05, 3.63) is 34.1 Å². The van der Waals surface area contributed by atoms with Gasteiger partial charge in [-0.2, -0.15) is 5.10 Å².